The van der Waals surface area contributed by atoms with Gasteiger partial charge >= 0.3 is 0 Å². The maximum Gasteiger partial charge on any atom is 0.164 e. The van der Waals surface area contributed by atoms with E-state index in [0.717, 1.165) is 43.2 Å². The molecule has 1 saturated heterocycles. The second-order valence-electron chi connectivity index (χ2n) is 5.66. The fourth-order valence-corrected chi connectivity index (χ4v) is 2.92. The van der Waals surface area contributed by atoms with Gasteiger partial charge in [-0.1, -0.05) is 18.2 Å². The maximum absolute atomic E-state index is 6.15. The molecule has 122 valence electrons. The summed E-state index contributed by atoms with van der Waals surface area (Å²) in [5, 5.41) is 0. The van der Waals surface area contributed by atoms with Crippen molar-refractivity contribution in [1.82, 2.24) is 0 Å². The lowest BCUT2D eigenvalue weighted by atomic mass is 10.1. The monoisotopic (exact) mass is 313 g/mol. The van der Waals surface area contributed by atoms with E-state index in [-0.39, 0.29) is 6.10 Å². The van der Waals surface area contributed by atoms with Gasteiger partial charge in [0.25, 0.3) is 0 Å². The molecule has 3 rings (SSSR count). The van der Waals surface area contributed by atoms with Gasteiger partial charge in [0.05, 0.1) is 14.2 Å². The first-order chi connectivity index (χ1) is 11.3. The highest BCUT2D eigenvalue weighted by Crippen LogP contribution is 2.33. The Labute approximate surface area is 137 Å². The van der Waals surface area contributed by atoms with Gasteiger partial charge in [0.15, 0.2) is 11.5 Å². The standard InChI is InChI=1S/C19H23NO3/c1-21-17-8-9-18(19(14-17)22-2)23-16-10-12-20(13-11-16)15-6-4-3-5-7-15/h3-9,14,16H,10-13H2,1-2H3. The lowest BCUT2D eigenvalue weighted by Gasteiger charge is -2.34. The third-order valence-electron chi connectivity index (χ3n) is 4.23. The van der Waals surface area contributed by atoms with E-state index >= 15 is 0 Å². The van der Waals surface area contributed by atoms with Crippen molar-refractivity contribution < 1.29 is 14.2 Å². The van der Waals surface area contributed by atoms with Crippen LogP contribution >= 0.6 is 0 Å². The van der Waals surface area contributed by atoms with Crippen molar-refractivity contribution in [2.24, 2.45) is 0 Å². The van der Waals surface area contributed by atoms with Crippen LogP contribution in [-0.2, 0) is 0 Å². The van der Waals surface area contributed by atoms with Gasteiger partial charge in [0, 0.05) is 37.7 Å². The lowest BCUT2D eigenvalue weighted by Crippen LogP contribution is -2.38. The molecule has 1 aliphatic rings. The number of methoxy groups -OCH3 is 2. The minimum Gasteiger partial charge on any atom is -0.497 e. The normalized spacial score (nSPS) is 15.3. The van der Waals surface area contributed by atoms with Crippen molar-refractivity contribution in [1.29, 1.82) is 0 Å². The van der Waals surface area contributed by atoms with Crippen LogP contribution in [0.3, 0.4) is 0 Å². The summed E-state index contributed by atoms with van der Waals surface area (Å²) in [6, 6.07) is 16.2. The Balaban J connectivity index is 1.61. The molecule has 0 atom stereocenters. The highest BCUT2D eigenvalue weighted by atomic mass is 16.5. The number of hydrogen-bond donors (Lipinski definition) is 0. The topological polar surface area (TPSA) is 30.9 Å². The Bertz CT molecular complexity index is 622. The first-order valence-corrected chi connectivity index (χ1v) is 7.99. The number of anilines is 1. The number of para-hydroxylation sites is 1. The van der Waals surface area contributed by atoms with Crippen LogP contribution in [0.25, 0.3) is 0 Å². The van der Waals surface area contributed by atoms with Crippen LogP contribution in [0.2, 0.25) is 0 Å². The molecule has 1 heterocycles. The lowest BCUT2D eigenvalue weighted by molar-refractivity contribution is 0.164. The summed E-state index contributed by atoms with van der Waals surface area (Å²) < 4.78 is 16.8. The first kappa shape index (κ1) is 15.5. The summed E-state index contributed by atoms with van der Waals surface area (Å²) in [4.78, 5) is 2.41. The molecule has 0 N–H and O–H groups in total. The molecular formula is C19H23NO3. The smallest absolute Gasteiger partial charge is 0.164 e. The largest absolute Gasteiger partial charge is 0.497 e. The van der Waals surface area contributed by atoms with Crippen molar-refractivity contribution in [3.8, 4) is 17.2 Å². The molecule has 0 radical (unpaired) electrons. The highest BCUT2D eigenvalue weighted by molar-refractivity contribution is 5.47. The van der Waals surface area contributed by atoms with E-state index in [0.29, 0.717) is 0 Å². The summed E-state index contributed by atoms with van der Waals surface area (Å²) in [7, 11) is 3.30. The van der Waals surface area contributed by atoms with Gasteiger partial charge < -0.3 is 19.1 Å². The SMILES string of the molecule is COc1ccc(OC2CCN(c3ccccc3)CC2)c(OC)c1. The average molecular weight is 313 g/mol. The van der Waals surface area contributed by atoms with Gasteiger partial charge in [-0.2, -0.15) is 0 Å². The second-order valence-corrected chi connectivity index (χ2v) is 5.66. The van der Waals surface area contributed by atoms with Crippen LogP contribution in [0, 0.1) is 0 Å². The number of nitrogens with zero attached hydrogens (tertiary/aromatic N) is 1. The van der Waals surface area contributed by atoms with E-state index in [1.54, 1.807) is 14.2 Å². The summed E-state index contributed by atoms with van der Waals surface area (Å²) in [5.41, 5.74) is 1.29. The maximum atomic E-state index is 6.15. The predicted octanol–water partition coefficient (Wildman–Crippen LogP) is 3.75. The minimum absolute atomic E-state index is 0.220. The molecule has 0 bridgehead atoms. The molecule has 2 aromatic rings. The molecule has 4 heteroatoms. The Morgan fingerprint density at radius 2 is 1.61 bits per heavy atom. The zero-order valence-corrected chi connectivity index (χ0v) is 13.7. The molecule has 23 heavy (non-hydrogen) atoms. The third kappa shape index (κ3) is 3.70. The van der Waals surface area contributed by atoms with E-state index in [9.17, 15) is 0 Å². The fraction of sp³-hybridized carbons (Fsp3) is 0.368. The van der Waals surface area contributed by atoms with Crippen molar-refractivity contribution in [3.63, 3.8) is 0 Å². The van der Waals surface area contributed by atoms with E-state index in [1.165, 1.54) is 5.69 Å². The van der Waals surface area contributed by atoms with Gasteiger partial charge in [-0.05, 0) is 24.3 Å². The molecule has 1 fully saturated rings. The van der Waals surface area contributed by atoms with Crippen LogP contribution in [0.1, 0.15) is 12.8 Å². The molecule has 2 aromatic carbocycles. The Morgan fingerprint density at radius 1 is 0.870 bits per heavy atom. The van der Waals surface area contributed by atoms with Crippen LogP contribution in [-0.4, -0.2) is 33.4 Å². The van der Waals surface area contributed by atoms with Gasteiger partial charge in [-0.25, -0.2) is 0 Å². The number of benzene rings is 2. The average Bonchev–Trinajstić information content (AvgIpc) is 2.63. The van der Waals surface area contributed by atoms with Crippen LogP contribution in [0.15, 0.2) is 48.5 Å². The Hall–Kier alpha value is -2.36. The third-order valence-corrected chi connectivity index (χ3v) is 4.23. The molecule has 0 aromatic heterocycles. The zero-order chi connectivity index (χ0) is 16.1. The molecule has 0 amide bonds. The quantitative estimate of drug-likeness (QED) is 0.841. The van der Waals surface area contributed by atoms with E-state index in [1.807, 2.05) is 18.2 Å². The fourth-order valence-electron chi connectivity index (χ4n) is 2.92. The van der Waals surface area contributed by atoms with Crippen LogP contribution in [0.5, 0.6) is 17.2 Å². The van der Waals surface area contributed by atoms with Crippen molar-refractivity contribution in [3.05, 3.63) is 48.5 Å². The first-order valence-electron chi connectivity index (χ1n) is 7.99. The van der Waals surface area contributed by atoms with Gasteiger partial charge in [-0.3, -0.25) is 0 Å². The molecule has 0 saturated carbocycles. The van der Waals surface area contributed by atoms with Gasteiger partial charge in [0.1, 0.15) is 11.9 Å². The number of hydrogen-bond acceptors (Lipinski definition) is 4. The van der Waals surface area contributed by atoms with Crippen LogP contribution in [0.4, 0.5) is 5.69 Å². The molecule has 0 unspecified atom stereocenters. The summed E-state index contributed by atoms with van der Waals surface area (Å²) >= 11 is 0. The molecular weight excluding hydrogens is 290 g/mol. The number of rotatable bonds is 5. The Morgan fingerprint density at radius 3 is 2.26 bits per heavy atom. The van der Waals surface area contributed by atoms with Crippen molar-refractivity contribution >= 4 is 5.69 Å². The van der Waals surface area contributed by atoms with E-state index in [2.05, 4.69) is 35.2 Å². The summed E-state index contributed by atoms with van der Waals surface area (Å²) in [6.45, 7) is 2.01. The number of ether oxygens (including phenoxy) is 3. The number of piperidine rings is 1. The molecule has 0 aliphatic carbocycles. The Kier molecular flexibility index (Phi) is 4.91. The summed E-state index contributed by atoms with van der Waals surface area (Å²) in [5.74, 6) is 2.27. The van der Waals surface area contributed by atoms with E-state index in [4.69, 9.17) is 14.2 Å². The van der Waals surface area contributed by atoms with Crippen molar-refractivity contribution in [2.75, 3.05) is 32.2 Å². The van der Waals surface area contributed by atoms with Gasteiger partial charge in [-0.15, -0.1) is 0 Å². The van der Waals surface area contributed by atoms with Gasteiger partial charge in [0.2, 0.25) is 0 Å². The minimum atomic E-state index is 0.220. The zero-order valence-electron chi connectivity index (χ0n) is 13.7. The van der Waals surface area contributed by atoms with E-state index < -0.39 is 0 Å². The highest BCUT2D eigenvalue weighted by Gasteiger charge is 2.22. The molecule has 0 spiro atoms. The van der Waals surface area contributed by atoms with Crippen molar-refractivity contribution in [2.45, 2.75) is 18.9 Å². The molecule has 1 aliphatic heterocycles. The molecule has 4 nitrogen and oxygen atoms in total. The van der Waals surface area contributed by atoms with Crippen LogP contribution < -0.4 is 19.1 Å². The summed E-state index contributed by atoms with van der Waals surface area (Å²) in [6.07, 6.45) is 2.23. The second kappa shape index (κ2) is 7.27. The predicted molar refractivity (Wildman–Crippen MR) is 91.9 cm³/mol.